The predicted octanol–water partition coefficient (Wildman–Crippen LogP) is 1.19. The molecule has 2 heterocycles. The number of nitrogens with one attached hydrogen (secondary N) is 2. The Morgan fingerprint density at radius 1 is 1.56 bits per heavy atom. The van der Waals surface area contributed by atoms with Crippen LogP contribution < -0.4 is 10.9 Å². The molecule has 0 amide bonds. The van der Waals surface area contributed by atoms with Crippen molar-refractivity contribution in [2.75, 3.05) is 6.54 Å². The van der Waals surface area contributed by atoms with Crippen LogP contribution in [0.25, 0.3) is 0 Å². The van der Waals surface area contributed by atoms with Crippen LogP contribution in [-0.2, 0) is 6.42 Å². The summed E-state index contributed by atoms with van der Waals surface area (Å²) in [7, 11) is 0. The van der Waals surface area contributed by atoms with Gasteiger partial charge in [0.15, 0.2) is 0 Å². The quantitative estimate of drug-likeness (QED) is 0.806. The van der Waals surface area contributed by atoms with Crippen LogP contribution in [0.1, 0.15) is 44.1 Å². The van der Waals surface area contributed by atoms with E-state index in [-0.39, 0.29) is 11.5 Å². The van der Waals surface area contributed by atoms with Crippen LogP contribution in [0.5, 0.6) is 0 Å². The maximum Gasteiger partial charge on any atom is 0.251 e. The van der Waals surface area contributed by atoms with Gasteiger partial charge in [0.25, 0.3) is 5.56 Å². The first-order valence-corrected chi connectivity index (χ1v) is 5.98. The number of hydrogen-bond acceptors (Lipinski definition) is 3. The van der Waals surface area contributed by atoms with Crippen molar-refractivity contribution in [2.45, 2.75) is 45.1 Å². The van der Waals surface area contributed by atoms with Crippen molar-refractivity contribution < 1.29 is 0 Å². The van der Waals surface area contributed by atoms with Gasteiger partial charge in [-0.15, -0.1) is 0 Å². The van der Waals surface area contributed by atoms with Crippen molar-refractivity contribution in [3.8, 4) is 0 Å². The third-order valence-corrected chi connectivity index (χ3v) is 2.98. The largest absolute Gasteiger partial charge is 0.314 e. The molecule has 0 spiro atoms. The Morgan fingerprint density at radius 3 is 3.00 bits per heavy atom. The molecule has 1 aliphatic heterocycles. The van der Waals surface area contributed by atoms with Gasteiger partial charge in [0.1, 0.15) is 5.82 Å². The van der Waals surface area contributed by atoms with Crippen LogP contribution in [0, 0.1) is 0 Å². The molecule has 1 aliphatic rings. The molecule has 16 heavy (non-hydrogen) atoms. The second-order valence-corrected chi connectivity index (χ2v) is 4.77. The summed E-state index contributed by atoms with van der Waals surface area (Å²) in [6.07, 6.45) is 3.28. The molecule has 1 atom stereocenters. The average molecular weight is 221 g/mol. The van der Waals surface area contributed by atoms with Gasteiger partial charge in [0, 0.05) is 30.1 Å². The average Bonchev–Trinajstić information content (AvgIpc) is 2.69. The standard InChI is InChI=1S/C12H19N3O/c1-8(2)12-14-10(7-11(16)15-12)6-9-4-3-5-13-9/h7-9,13H,3-6H2,1-2H3,(H,14,15,16). The van der Waals surface area contributed by atoms with Crippen LogP contribution in [0.3, 0.4) is 0 Å². The van der Waals surface area contributed by atoms with Crippen LogP contribution in [0.4, 0.5) is 0 Å². The topological polar surface area (TPSA) is 57.8 Å². The Kier molecular flexibility index (Phi) is 3.39. The van der Waals surface area contributed by atoms with Gasteiger partial charge in [-0.05, 0) is 19.4 Å². The van der Waals surface area contributed by atoms with E-state index < -0.39 is 0 Å². The Morgan fingerprint density at radius 2 is 2.38 bits per heavy atom. The summed E-state index contributed by atoms with van der Waals surface area (Å²) in [5, 5.41) is 3.42. The van der Waals surface area contributed by atoms with Crippen molar-refractivity contribution in [2.24, 2.45) is 0 Å². The maximum absolute atomic E-state index is 11.5. The van der Waals surface area contributed by atoms with Gasteiger partial charge in [0.05, 0.1) is 0 Å². The van der Waals surface area contributed by atoms with Crippen molar-refractivity contribution >= 4 is 0 Å². The highest BCUT2D eigenvalue weighted by Crippen LogP contribution is 2.11. The lowest BCUT2D eigenvalue weighted by molar-refractivity contribution is 0.589. The van der Waals surface area contributed by atoms with E-state index in [1.807, 2.05) is 13.8 Å². The van der Waals surface area contributed by atoms with E-state index in [9.17, 15) is 4.79 Å². The normalized spacial score (nSPS) is 20.6. The number of nitrogens with zero attached hydrogens (tertiary/aromatic N) is 1. The van der Waals surface area contributed by atoms with Crippen LogP contribution >= 0.6 is 0 Å². The molecule has 0 saturated carbocycles. The van der Waals surface area contributed by atoms with E-state index in [2.05, 4.69) is 15.3 Å². The summed E-state index contributed by atoms with van der Waals surface area (Å²) in [5.74, 6) is 1.06. The molecule has 1 aromatic heterocycles. The summed E-state index contributed by atoms with van der Waals surface area (Å²) >= 11 is 0. The van der Waals surface area contributed by atoms with Gasteiger partial charge < -0.3 is 10.3 Å². The molecular formula is C12H19N3O. The van der Waals surface area contributed by atoms with E-state index in [1.54, 1.807) is 6.07 Å². The van der Waals surface area contributed by atoms with Gasteiger partial charge in [-0.1, -0.05) is 13.8 Å². The van der Waals surface area contributed by atoms with E-state index in [4.69, 9.17) is 0 Å². The number of hydrogen-bond donors (Lipinski definition) is 2. The molecule has 0 radical (unpaired) electrons. The highest BCUT2D eigenvalue weighted by atomic mass is 16.1. The molecule has 0 aromatic carbocycles. The third-order valence-electron chi connectivity index (χ3n) is 2.98. The van der Waals surface area contributed by atoms with E-state index in [1.165, 1.54) is 12.8 Å². The number of aromatic nitrogens is 2. The lowest BCUT2D eigenvalue weighted by atomic mass is 10.1. The lowest BCUT2D eigenvalue weighted by Gasteiger charge is -2.11. The smallest absolute Gasteiger partial charge is 0.251 e. The SMILES string of the molecule is CC(C)c1nc(CC2CCCN2)cc(=O)[nH]1. The maximum atomic E-state index is 11.5. The molecule has 88 valence electrons. The summed E-state index contributed by atoms with van der Waals surface area (Å²) < 4.78 is 0. The minimum absolute atomic E-state index is 0.0355. The lowest BCUT2D eigenvalue weighted by Crippen LogP contribution is -2.25. The molecule has 1 aromatic rings. The van der Waals surface area contributed by atoms with Crippen LogP contribution in [0.2, 0.25) is 0 Å². The Hall–Kier alpha value is -1.16. The first kappa shape index (κ1) is 11.3. The molecule has 4 heteroatoms. The fourth-order valence-corrected chi connectivity index (χ4v) is 2.09. The van der Waals surface area contributed by atoms with E-state index >= 15 is 0 Å². The summed E-state index contributed by atoms with van der Waals surface area (Å²) in [5.41, 5.74) is 0.874. The fraction of sp³-hybridized carbons (Fsp3) is 0.667. The van der Waals surface area contributed by atoms with E-state index in [0.29, 0.717) is 6.04 Å². The summed E-state index contributed by atoms with van der Waals surface area (Å²) in [6.45, 7) is 5.16. The zero-order chi connectivity index (χ0) is 11.5. The number of aromatic amines is 1. The van der Waals surface area contributed by atoms with Crippen molar-refractivity contribution in [1.82, 2.24) is 15.3 Å². The Balaban J connectivity index is 2.16. The molecule has 0 bridgehead atoms. The molecule has 4 nitrogen and oxygen atoms in total. The second kappa shape index (κ2) is 4.78. The van der Waals surface area contributed by atoms with E-state index in [0.717, 1.165) is 24.5 Å². The molecule has 2 N–H and O–H groups in total. The van der Waals surface area contributed by atoms with Crippen molar-refractivity contribution in [3.63, 3.8) is 0 Å². The molecule has 2 rings (SSSR count). The number of H-pyrrole nitrogens is 1. The third kappa shape index (κ3) is 2.70. The predicted molar refractivity (Wildman–Crippen MR) is 63.7 cm³/mol. The zero-order valence-corrected chi connectivity index (χ0v) is 9.92. The zero-order valence-electron chi connectivity index (χ0n) is 9.92. The summed E-state index contributed by atoms with van der Waals surface area (Å²) in [6, 6.07) is 2.11. The number of rotatable bonds is 3. The summed E-state index contributed by atoms with van der Waals surface area (Å²) in [4.78, 5) is 18.8. The minimum Gasteiger partial charge on any atom is -0.314 e. The second-order valence-electron chi connectivity index (χ2n) is 4.77. The van der Waals surface area contributed by atoms with Crippen molar-refractivity contribution in [3.05, 3.63) is 27.9 Å². The molecule has 1 unspecified atom stereocenters. The highest BCUT2D eigenvalue weighted by molar-refractivity contribution is 5.07. The molecule has 1 saturated heterocycles. The molecule has 1 fully saturated rings. The fourth-order valence-electron chi connectivity index (χ4n) is 2.09. The van der Waals surface area contributed by atoms with Gasteiger partial charge in [-0.25, -0.2) is 4.98 Å². The first-order chi connectivity index (χ1) is 7.65. The molecule has 0 aliphatic carbocycles. The van der Waals surface area contributed by atoms with Gasteiger partial charge in [-0.2, -0.15) is 0 Å². The first-order valence-electron chi connectivity index (χ1n) is 5.98. The molecular weight excluding hydrogens is 202 g/mol. The highest BCUT2D eigenvalue weighted by Gasteiger charge is 2.16. The van der Waals surface area contributed by atoms with Gasteiger partial charge in [-0.3, -0.25) is 4.79 Å². The Labute approximate surface area is 95.5 Å². The van der Waals surface area contributed by atoms with Gasteiger partial charge >= 0.3 is 0 Å². The van der Waals surface area contributed by atoms with Gasteiger partial charge in [0.2, 0.25) is 0 Å². The van der Waals surface area contributed by atoms with Crippen molar-refractivity contribution in [1.29, 1.82) is 0 Å². The van der Waals surface area contributed by atoms with Crippen LogP contribution in [-0.4, -0.2) is 22.6 Å². The monoisotopic (exact) mass is 221 g/mol. The van der Waals surface area contributed by atoms with Crippen LogP contribution in [0.15, 0.2) is 10.9 Å². The minimum atomic E-state index is -0.0355. The Bertz CT molecular complexity index is 405.